The first-order chi connectivity index (χ1) is 16.0. The van der Waals surface area contributed by atoms with Crippen molar-refractivity contribution >= 4 is 79.7 Å². The third-order valence-electron chi connectivity index (χ3n) is 4.30. The molecule has 1 heterocycles. The van der Waals surface area contributed by atoms with Crippen LogP contribution in [0.1, 0.15) is 0 Å². The number of amides is 2. The minimum Gasteiger partial charge on any atom is -0.482 e. The fourth-order valence-corrected chi connectivity index (χ4v) is 4.89. The van der Waals surface area contributed by atoms with Crippen LogP contribution >= 0.6 is 46.3 Å². The third kappa shape index (κ3) is 6.35. The first-order valence-corrected chi connectivity index (χ1v) is 12.2. The van der Waals surface area contributed by atoms with Crippen molar-refractivity contribution in [2.45, 2.75) is 4.34 Å². The zero-order chi connectivity index (χ0) is 23.2. The van der Waals surface area contributed by atoms with Crippen molar-refractivity contribution < 1.29 is 14.3 Å². The van der Waals surface area contributed by atoms with Gasteiger partial charge >= 0.3 is 0 Å². The smallest absolute Gasteiger partial charge is 0.264 e. The molecule has 2 N–H and O–H groups in total. The maximum absolute atomic E-state index is 12.4. The minimum absolute atomic E-state index is 0.157. The van der Waals surface area contributed by atoms with Crippen LogP contribution in [-0.2, 0) is 9.59 Å². The molecule has 0 aliphatic rings. The summed E-state index contributed by atoms with van der Waals surface area (Å²) in [7, 11) is 0. The number of benzene rings is 3. The van der Waals surface area contributed by atoms with E-state index in [2.05, 4.69) is 20.8 Å². The first kappa shape index (κ1) is 23.3. The van der Waals surface area contributed by atoms with Gasteiger partial charge in [-0.2, -0.15) is 0 Å². The van der Waals surface area contributed by atoms with Crippen molar-refractivity contribution in [3.05, 3.63) is 70.7 Å². The van der Waals surface area contributed by atoms with E-state index in [0.29, 0.717) is 25.3 Å². The van der Waals surface area contributed by atoms with Gasteiger partial charge in [0, 0.05) is 16.1 Å². The Labute approximate surface area is 207 Å². The van der Waals surface area contributed by atoms with Crippen molar-refractivity contribution in [1.29, 1.82) is 0 Å². The van der Waals surface area contributed by atoms with Crippen LogP contribution in [0.2, 0.25) is 10.0 Å². The van der Waals surface area contributed by atoms with Crippen LogP contribution in [0.15, 0.2) is 65.0 Å². The normalized spacial score (nSPS) is 10.7. The summed E-state index contributed by atoms with van der Waals surface area (Å²) in [6, 6.07) is 18.3. The maximum atomic E-state index is 12.4. The second-order valence-electron chi connectivity index (χ2n) is 6.65. The predicted molar refractivity (Wildman–Crippen MR) is 134 cm³/mol. The highest BCUT2D eigenvalue weighted by Gasteiger charge is 2.13. The highest BCUT2D eigenvalue weighted by molar-refractivity contribution is 8.01. The van der Waals surface area contributed by atoms with Gasteiger partial charge in [-0.15, -0.1) is 10.2 Å². The average molecular weight is 519 g/mol. The molecule has 0 radical (unpaired) electrons. The van der Waals surface area contributed by atoms with E-state index in [4.69, 9.17) is 27.9 Å². The Morgan fingerprint density at radius 1 is 0.970 bits per heavy atom. The largest absolute Gasteiger partial charge is 0.482 e. The summed E-state index contributed by atoms with van der Waals surface area (Å²) in [6.45, 7) is -0.253. The molecule has 1 aromatic heterocycles. The van der Waals surface area contributed by atoms with Crippen LogP contribution in [0.25, 0.3) is 10.8 Å². The Kier molecular flexibility index (Phi) is 7.66. The molecule has 0 spiro atoms. The number of nitrogens with zero attached hydrogens (tertiary/aromatic N) is 2. The molecule has 0 bridgehead atoms. The van der Waals surface area contributed by atoms with Gasteiger partial charge in [-0.3, -0.25) is 14.9 Å². The number of thioether (sulfide) groups is 1. The Morgan fingerprint density at radius 3 is 2.64 bits per heavy atom. The summed E-state index contributed by atoms with van der Waals surface area (Å²) in [4.78, 5) is 24.5. The number of halogens is 2. The van der Waals surface area contributed by atoms with Crippen molar-refractivity contribution in [1.82, 2.24) is 10.2 Å². The fourth-order valence-electron chi connectivity index (χ4n) is 2.86. The van der Waals surface area contributed by atoms with E-state index < -0.39 is 5.91 Å². The minimum atomic E-state index is -0.414. The standard InChI is InChI=1S/C22H16Cl2N4O3S2/c23-14-8-9-18(16(24)10-14)31-11-19(29)26-21-27-28-22(33-21)32-12-20(30)25-17-7-3-5-13-4-1-2-6-15(13)17/h1-10H,11-12H2,(H,25,30)(H,26,27,29). The molecule has 168 valence electrons. The molecule has 2 amide bonds. The maximum Gasteiger partial charge on any atom is 0.264 e. The van der Waals surface area contributed by atoms with Crippen molar-refractivity contribution in [3.8, 4) is 5.75 Å². The van der Waals surface area contributed by atoms with Gasteiger partial charge in [0.25, 0.3) is 5.91 Å². The molecule has 0 aliphatic heterocycles. The summed E-state index contributed by atoms with van der Waals surface area (Å²) >= 11 is 14.3. The molecule has 4 aromatic rings. The van der Waals surface area contributed by atoms with Gasteiger partial charge in [-0.1, -0.05) is 82.7 Å². The van der Waals surface area contributed by atoms with E-state index in [1.54, 1.807) is 12.1 Å². The SMILES string of the molecule is O=C(COc1ccc(Cl)cc1Cl)Nc1nnc(SCC(=O)Nc2cccc3ccccc23)s1. The van der Waals surface area contributed by atoms with E-state index in [9.17, 15) is 9.59 Å². The van der Waals surface area contributed by atoms with Crippen LogP contribution in [0.3, 0.4) is 0 Å². The summed E-state index contributed by atoms with van der Waals surface area (Å²) in [6.07, 6.45) is 0. The monoisotopic (exact) mass is 518 g/mol. The molecule has 0 fully saturated rings. The lowest BCUT2D eigenvalue weighted by molar-refractivity contribution is -0.118. The number of hydrogen-bond donors (Lipinski definition) is 2. The van der Waals surface area contributed by atoms with Gasteiger partial charge in [0.1, 0.15) is 5.75 Å². The van der Waals surface area contributed by atoms with Gasteiger partial charge in [0.05, 0.1) is 10.8 Å². The molecule has 33 heavy (non-hydrogen) atoms. The lowest BCUT2D eigenvalue weighted by Crippen LogP contribution is -2.20. The number of aromatic nitrogens is 2. The Hall–Kier alpha value is -2.85. The second-order valence-corrected chi connectivity index (χ2v) is 9.69. The fraction of sp³-hybridized carbons (Fsp3) is 0.0909. The lowest BCUT2D eigenvalue weighted by Gasteiger charge is -2.08. The number of fused-ring (bicyclic) bond motifs is 1. The van der Waals surface area contributed by atoms with Crippen LogP contribution < -0.4 is 15.4 Å². The van der Waals surface area contributed by atoms with E-state index in [1.807, 2.05) is 42.5 Å². The van der Waals surface area contributed by atoms with Crippen LogP contribution in [-0.4, -0.2) is 34.4 Å². The number of nitrogens with one attached hydrogen (secondary N) is 2. The number of rotatable bonds is 8. The highest BCUT2D eigenvalue weighted by atomic mass is 35.5. The summed E-state index contributed by atoms with van der Waals surface area (Å²) in [5, 5.41) is 16.6. The topological polar surface area (TPSA) is 93.2 Å². The van der Waals surface area contributed by atoms with Crippen LogP contribution in [0.4, 0.5) is 10.8 Å². The van der Waals surface area contributed by atoms with Crippen LogP contribution in [0.5, 0.6) is 5.75 Å². The molecule has 0 atom stereocenters. The molecule has 0 saturated carbocycles. The van der Waals surface area contributed by atoms with Gasteiger partial charge in [0.2, 0.25) is 11.0 Å². The summed E-state index contributed by atoms with van der Waals surface area (Å²) in [5.74, 6) is -0.0704. The van der Waals surface area contributed by atoms with Crippen molar-refractivity contribution in [2.24, 2.45) is 0 Å². The molecule has 3 aromatic carbocycles. The Balaban J connectivity index is 1.26. The second kappa shape index (κ2) is 10.8. The molecule has 11 heteroatoms. The number of ether oxygens (including phenoxy) is 1. The molecule has 0 unspecified atom stereocenters. The average Bonchev–Trinajstić information content (AvgIpc) is 3.24. The van der Waals surface area contributed by atoms with Crippen molar-refractivity contribution in [2.75, 3.05) is 23.0 Å². The first-order valence-electron chi connectivity index (χ1n) is 9.59. The van der Waals surface area contributed by atoms with E-state index in [0.717, 1.165) is 16.5 Å². The highest BCUT2D eigenvalue weighted by Crippen LogP contribution is 2.28. The van der Waals surface area contributed by atoms with Gasteiger partial charge in [-0.25, -0.2) is 0 Å². The van der Waals surface area contributed by atoms with E-state index in [-0.39, 0.29) is 18.3 Å². The zero-order valence-electron chi connectivity index (χ0n) is 16.9. The molecule has 4 rings (SSSR count). The molecule has 0 aliphatic carbocycles. The van der Waals surface area contributed by atoms with E-state index >= 15 is 0 Å². The molecule has 0 saturated heterocycles. The molecular weight excluding hydrogens is 503 g/mol. The van der Waals surface area contributed by atoms with Gasteiger partial charge < -0.3 is 10.1 Å². The molecular formula is C22H16Cl2N4O3S2. The summed E-state index contributed by atoms with van der Waals surface area (Å²) in [5.41, 5.74) is 0.754. The zero-order valence-corrected chi connectivity index (χ0v) is 20.0. The Bertz CT molecular complexity index is 1310. The quantitative estimate of drug-likeness (QED) is 0.228. The molecule has 7 nitrogen and oxygen atoms in total. The predicted octanol–water partition coefficient (Wildman–Crippen LogP) is 5.75. The Morgan fingerprint density at radius 2 is 1.79 bits per heavy atom. The number of anilines is 2. The number of carbonyl (C=O) groups is 2. The summed E-state index contributed by atoms with van der Waals surface area (Å²) < 4.78 is 5.95. The lowest BCUT2D eigenvalue weighted by atomic mass is 10.1. The van der Waals surface area contributed by atoms with E-state index in [1.165, 1.54) is 29.2 Å². The van der Waals surface area contributed by atoms with Gasteiger partial charge in [0.15, 0.2) is 10.9 Å². The number of carbonyl (C=O) groups excluding carboxylic acids is 2. The number of hydrogen-bond acceptors (Lipinski definition) is 7. The van der Waals surface area contributed by atoms with Gasteiger partial charge in [-0.05, 0) is 29.7 Å². The van der Waals surface area contributed by atoms with Crippen molar-refractivity contribution in [3.63, 3.8) is 0 Å². The van der Waals surface area contributed by atoms with Crippen LogP contribution in [0, 0.1) is 0 Å². The third-order valence-corrected chi connectivity index (χ3v) is 6.80.